The fourth-order valence-electron chi connectivity index (χ4n) is 8.62. The van der Waals surface area contributed by atoms with E-state index in [1.165, 1.54) is 6.08 Å². The first-order valence-corrected chi connectivity index (χ1v) is 21.5. The van der Waals surface area contributed by atoms with Crippen molar-refractivity contribution >= 4 is 53.1 Å². The van der Waals surface area contributed by atoms with Crippen LogP contribution in [0.15, 0.2) is 30.4 Å². The Balaban J connectivity index is 1.59. The second-order valence-electron chi connectivity index (χ2n) is 17.6. The number of methoxy groups -OCH3 is 1. The number of esters is 1. The summed E-state index contributed by atoms with van der Waals surface area (Å²) in [6.07, 6.45) is 8.15. The molecule has 2 saturated carbocycles. The number of aromatic carboxylic acids is 1. The molecule has 7 N–H and O–H groups in total. The smallest absolute Gasteiger partial charge is 0.336 e. The largest absolute Gasteiger partial charge is 0.478 e. The second kappa shape index (κ2) is 22.4. The quantitative estimate of drug-likeness (QED) is 0.0537. The van der Waals surface area contributed by atoms with Gasteiger partial charge in [0.05, 0.1) is 29.7 Å². The van der Waals surface area contributed by atoms with E-state index in [1.807, 2.05) is 0 Å². The van der Waals surface area contributed by atoms with E-state index < -0.39 is 124 Å². The molecule has 6 amide bonds. The average Bonchev–Trinajstić information content (AvgIpc) is 3.65. The van der Waals surface area contributed by atoms with Gasteiger partial charge in [0.25, 0.3) is 11.6 Å². The summed E-state index contributed by atoms with van der Waals surface area (Å²) in [5.41, 5.74) is 2.86. The number of benzene rings is 1. The molecule has 0 spiro atoms. The number of nitro benzene ring substituents is 1. The minimum Gasteiger partial charge on any atom is -0.478 e. The van der Waals surface area contributed by atoms with Crippen LogP contribution in [0.4, 0.5) is 10.1 Å². The highest BCUT2D eigenvalue weighted by Gasteiger charge is 2.47. The molecule has 0 unspecified atom stereocenters. The van der Waals surface area contributed by atoms with E-state index in [9.17, 15) is 53.6 Å². The number of halogens is 1. The first kappa shape index (κ1) is 49.7. The lowest BCUT2D eigenvalue weighted by molar-refractivity contribution is -0.384. The van der Waals surface area contributed by atoms with Crippen molar-refractivity contribution in [3.8, 4) is 0 Å². The summed E-state index contributed by atoms with van der Waals surface area (Å²) in [5, 5.41) is 31.7. The Kier molecular flexibility index (Phi) is 17.7. The Bertz CT molecular complexity index is 1920. The standard InChI is InChI=1S/C43H60FN7O12/c1-43(2,3)35(49-38(55)30(17-11-12-18-32(52)63-4)46-37(54)28-20-19-27(51(61)62)22-29(28)42(59)60)41(58)50-23-26(44)21-31(50)39(56)48-34(25-15-9-6-10-16-25)40(57)47-33(36(45)53)24-13-7-5-8-14-24/h12,18-20,22,24-26,30-31,33-35H,5-11,13-17,21,23H2,1-4H3,(H2,45,53)(H,46,54)(H,47,57)(H,48,56)(H,49,55)(H,59,60)/b18-12+/t26-,30+,31+,33+,34+,35-/m1/s1. The van der Waals surface area contributed by atoms with Crippen molar-refractivity contribution in [1.82, 2.24) is 26.2 Å². The molecule has 0 aromatic heterocycles. The number of primary amides is 1. The van der Waals surface area contributed by atoms with Crippen LogP contribution in [0.5, 0.6) is 0 Å². The number of hydrogen-bond acceptors (Lipinski definition) is 11. The molecule has 346 valence electrons. The van der Waals surface area contributed by atoms with Crippen molar-refractivity contribution in [2.45, 2.75) is 141 Å². The van der Waals surface area contributed by atoms with Crippen LogP contribution < -0.4 is 27.0 Å². The average molecular weight is 886 g/mol. The summed E-state index contributed by atoms with van der Waals surface area (Å²) in [7, 11) is 1.15. The number of alkyl halides is 1. The fraction of sp³-hybridized carbons (Fsp3) is 0.628. The topological polar surface area (TPSA) is 287 Å². The maximum atomic E-state index is 15.4. The summed E-state index contributed by atoms with van der Waals surface area (Å²) in [4.78, 5) is 118. The molecular formula is C43H60FN7O12. The van der Waals surface area contributed by atoms with Crippen LogP contribution in [0, 0.1) is 27.4 Å². The van der Waals surface area contributed by atoms with Gasteiger partial charge in [-0.2, -0.15) is 0 Å². The number of nitrogens with zero attached hydrogens (tertiary/aromatic N) is 2. The van der Waals surface area contributed by atoms with Gasteiger partial charge in [-0.1, -0.05) is 65.4 Å². The van der Waals surface area contributed by atoms with Crippen LogP contribution in [0.3, 0.4) is 0 Å². The normalized spacial score (nSPS) is 20.4. The highest BCUT2D eigenvalue weighted by molar-refractivity contribution is 6.06. The van der Waals surface area contributed by atoms with E-state index in [0.717, 1.165) is 68.7 Å². The van der Waals surface area contributed by atoms with Gasteiger partial charge < -0.3 is 41.7 Å². The minimum absolute atomic E-state index is 0.0118. The Hall–Kier alpha value is -5.95. The third kappa shape index (κ3) is 13.5. The zero-order valence-corrected chi connectivity index (χ0v) is 36.2. The summed E-state index contributed by atoms with van der Waals surface area (Å²) >= 11 is 0. The van der Waals surface area contributed by atoms with Gasteiger partial charge in [0, 0.05) is 24.6 Å². The molecule has 0 radical (unpaired) electrons. The van der Waals surface area contributed by atoms with Gasteiger partial charge in [0.2, 0.25) is 29.5 Å². The Morgan fingerprint density at radius 3 is 2.05 bits per heavy atom. The number of rotatable bonds is 18. The molecular weight excluding hydrogens is 826 g/mol. The second-order valence-corrected chi connectivity index (χ2v) is 17.6. The molecule has 6 atom stereocenters. The molecule has 1 saturated heterocycles. The molecule has 63 heavy (non-hydrogen) atoms. The van der Waals surface area contributed by atoms with Crippen molar-refractivity contribution < 1.29 is 57.5 Å². The van der Waals surface area contributed by atoms with Crippen molar-refractivity contribution in [1.29, 1.82) is 0 Å². The lowest BCUT2D eigenvalue weighted by atomic mass is 9.81. The summed E-state index contributed by atoms with van der Waals surface area (Å²) in [5.74, 6) is -7.73. The number of carboxylic acid groups (broad SMARTS) is 1. The third-order valence-electron chi connectivity index (χ3n) is 12.1. The van der Waals surface area contributed by atoms with Gasteiger partial charge in [-0.15, -0.1) is 0 Å². The van der Waals surface area contributed by atoms with Crippen LogP contribution in [0.2, 0.25) is 0 Å². The number of carboxylic acids is 1. The van der Waals surface area contributed by atoms with Gasteiger partial charge in [0.15, 0.2) is 0 Å². The molecule has 3 aliphatic rings. The number of hydrogen-bond donors (Lipinski definition) is 6. The van der Waals surface area contributed by atoms with Crippen LogP contribution in [-0.4, -0.2) is 112 Å². The number of nitrogens with one attached hydrogen (secondary N) is 4. The predicted octanol–water partition coefficient (Wildman–Crippen LogP) is 2.99. The number of nitrogens with two attached hydrogens (primary N) is 1. The predicted molar refractivity (Wildman–Crippen MR) is 224 cm³/mol. The molecule has 1 aliphatic heterocycles. The van der Waals surface area contributed by atoms with Crippen LogP contribution in [0.25, 0.3) is 0 Å². The summed E-state index contributed by atoms with van der Waals surface area (Å²) < 4.78 is 20.0. The Labute approximate surface area is 365 Å². The number of ether oxygens (including phenoxy) is 1. The Morgan fingerprint density at radius 2 is 1.51 bits per heavy atom. The van der Waals surface area contributed by atoms with Crippen molar-refractivity contribution in [3.63, 3.8) is 0 Å². The van der Waals surface area contributed by atoms with E-state index in [4.69, 9.17) is 5.73 Å². The first-order chi connectivity index (χ1) is 29.7. The fourth-order valence-corrected chi connectivity index (χ4v) is 8.62. The van der Waals surface area contributed by atoms with Crippen LogP contribution in [0.1, 0.15) is 125 Å². The molecule has 4 rings (SSSR count). The SMILES string of the molecule is COC(=O)/C=C/CC[C@H](NC(=O)c1ccc([N+](=O)[O-])cc1C(=O)O)C(=O)N[C@H](C(=O)N1C[C@H](F)C[C@H]1C(=O)N[C@H](C(=O)N[C@H](C(N)=O)C1CCCCC1)C1CCCCC1)C(C)(C)C. The van der Waals surface area contributed by atoms with Crippen molar-refractivity contribution in [2.24, 2.45) is 23.0 Å². The Morgan fingerprint density at radius 1 is 0.905 bits per heavy atom. The molecule has 20 heteroatoms. The van der Waals surface area contributed by atoms with Gasteiger partial charge in [-0.25, -0.2) is 14.0 Å². The van der Waals surface area contributed by atoms with Gasteiger partial charge in [-0.3, -0.25) is 38.9 Å². The van der Waals surface area contributed by atoms with E-state index >= 15 is 4.39 Å². The monoisotopic (exact) mass is 885 g/mol. The highest BCUT2D eigenvalue weighted by atomic mass is 19.1. The molecule has 2 aliphatic carbocycles. The molecule has 1 aromatic rings. The number of amides is 6. The van der Waals surface area contributed by atoms with Crippen LogP contribution >= 0.6 is 0 Å². The van der Waals surface area contributed by atoms with E-state index in [1.54, 1.807) is 20.8 Å². The van der Waals surface area contributed by atoms with Gasteiger partial charge >= 0.3 is 11.9 Å². The molecule has 1 aromatic carbocycles. The number of likely N-dealkylation sites (tertiary alicyclic amines) is 1. The van der Waals surface area contributed by atoms with E-state index in [-0.39, 0.29) is 24.7 Å². The molecule has 0 bridgehead atoms. The molecule has 1 heterocycles. The highest BCUT2D eigenvalue weighted by Crippen LogP contribution is 2.31. The van der Waals surface area contributed by atoms with Gasteiger partial charge in [-0.05, 0) is 61.8 Å². The number of non-ortho nitro benzene ring substituents is 1. The van der Waals surface area contributed by atoms with E-state index in [0.29, 0.717) is 31.7 Å². The maximum Gasteiger partial charge on any atom is 0.336 e. The lowest BCUT2D eigenvalue weighted by Gasteiger charge is -2.37. The molecule has 19 nitrogen and oxygen atoms in total. The van der Waals surface area contributed by atoms with Gasteiger partial charge in [0.1, 0.15) is 36.4 Å². The zero-order valence-electron chi connectivity index (χ0n) is 36.2. The number of nitro groups is 1. The minimum atomic E-state index is -1.65. The van der Waals surface area contributed by atoms with Crippen molar-refractivity contribution in [3.05, 3.63) is 51.6 Å². The number of carbonyl (C=O) groups is 8. The molecule has 3 fully saturated rings. The third-order valence-corrected chi connectivity index (χ3v) is 12.1. The summed E-state index contributed by atoms with van der Waals surface area (Å²) in [6, 6.07) is -3.83. The number of allylic oxidation sites excluding steroid dienone is 1. The summed E-state index contributed by atoms with van der Waals surface area (Å²) in [6.45, 7) is 4.33. The lowest BCUT2D eigenvalue weighted by Crippen LogP contribution is -2.62. The van der Waals surface area contributed by atoms with Crippen LogP contribution in [-0.2, 0) is 33.5 Å². The first-order valence-electron chi connectivity index (χ1n) is 21.5. The number of carbonyl (C=O) groups excluding carboxylic acids is 7. The van der Waals surface area contributed by atoms with Crippen molar-refractivity contribution in [2.75, 3.05) is 13.7 Å². The van der Waals surface area contributed by atoms with E-state index in [2.05, 4.69) is 26.0 Å². The maximum absolute atomic E-state index is 15.4. The zero-order chi connectivity index (χ0) is 46.6.